The number of carbonyl (C=O) groups is 3. The molecule has 4 rings (SSSR count). The zero-order valence-corrected chi connectivity index (χ0v) is 24.8. The van der Waals surface area contributed by atoms with Crippen LogP contribution in [-0.2, 0) is 32.0 Å². The largest absolute Gasteiger partial charge is 0.463 e. The first kappa shape index (κ1) is 30.4. The van der Waals surface area contributed by atoms with Crippen molar-refractivity contribution < 1.29 is 28.6 Å². The number of Topliss-reactive ketones (excluding diaryl/α,β-unsaturated/α-hetero) is 2. The normalized spacial score (nSPS) is 16.2. The number of carbonyl (C=O) groups excluding carboxylic acids is 3. The van der Waals surface area contributed by atoms with E-state index in [-0.39, 0.29) is 33.4 Å². The number of ketones is 2. The molecule has 0 N–H and O–H groups in total. The molecule has 2 aromatic rings. The number of rotatable bonds is 13. The average Bonchev–Trinajstić information content (AvgIpc) is 3.68. The average molecular weight is 590 g/mol. The predicted octanol–water partition coefficient (Wildman–Crippen LogP) is 7.72. The highest BCUT2D eigenvalue weighted by Gasteiger charge is 2.41. The van der Waals surface area contributed by atoms with Crippen molar-refractivity contribution in [3.05, 3.63) is 57.6 Å². The second kappa shape index (κ2) is 13.9. The van der Waals surface area contributed by atoms with E-state index in [0.717, 1.165) is 62.5 Å². The highest BCUT2D eigenvalue weighted by atomic mass is 35.5. The molecule has 0 heterocycles. The van der Waals surface area contributed by atoms with Gasteiger partial charge in [0, 0.05) is 31.6 Å². The first-order valence-electron chi connectivity index (χ1n) is 14.3. The van der Waals surface area contributed by atoms with E-state index in [9.17, 15) is 14.4 Å². The molecule has 8 heteroatoms. The van der Waals surface area contributed by atoms with Gasteiger partial charge in [0.05, 0.1) is 17.2 Å². The fraction of sp³-hybridized carbons (Fsp3) is 0.531. The van der Waals surface area contributed by atoms with Crippen LogP contribution in [0.5, 0.6) is 11.5 Å². The molecule has 2 aliphatic rings. The highest BCUT2D eigenvalue weighted by molar-refractivity contribution is 6.32. The Morgan fingerprint density at radius 3 is 1.50 bits per heavy atom. The molecule has 40 heavy (non-hydrogen) atoms. The third kappa shape index (κ3) is 7.79. The standard InChI is InChI=1S/C32H38Cl2O6/c1-32(31(37)38-2,39-29-17-13-21(19-25(29)33)11-15-27(35)23-7-3-4-8-23)40-30-18-14-22(20-26(30)34)12-16-28(36)24-9-5-6-10-24/h13-14,17-20,23-24H,3-12,15-16H2,1-2H3. The summed E-state index contributed by atoms with van der Waals surface area (Å²) >= 11 is 13.0. The third-order valence-electron chi connectivity index (χ3n) is 8.10. The van der Waals surface area contributed by atoms with Gasteiger partial charge in [0.25, 0.3) is 0 Å². The monoisotopic (exact) mass is 588 g/mol. The van der Waals surface area contributed by atoms with Crippen LogP contribution >= 0.6 is 23.2 Å². The topological polar surface area (TPSA) is 78.9 Å². The van der Waals surface area contributed by atoms with E-state index >= 15 is 0 Å². The quantitative estimate of drug-likeness (QED) is 0.176. The molecule has 0 aliphatic heterocycles. The molecule has 6 nitrogen and oxygen atoms in total. The minimum atomic E-state index is -1.87. The predicted molar refractivity (Wildman–Crippen MR) is 155 cm³/mol. The van der Waals surface area contributed by atoms with Crippen molar-refractivity contribution in [1.29, 1.82) is 0 Å². The van der Waals surface area contributed by atoms with Crippen molar-refractivity contribution in [2.45, 2.75) is 89.8 Å². The molecule has 0 bridgehead atoms. The van der Waals surface area contributed by atoms with Crippen LogP contribution in [0.2, 0.25) is 10.0 Å². The van der Waals surface area contributed by atoms with Crippen LogP contribution in [0, 0.1) is 11.8 Å². The van der Waals surface area contributed by atoms with Gasteiger partial charge in [0.1, 0.15) is 23.1 Å². The van der Waals surface area contributed by atoms with Gasteiger partial charge in [-0.25, -0.2) is 4.79 Å². The number of esters is 1. The lowest BCUT2D eigenvalue weighted by Gasteiger charge is -2.29. The maximum atomic E-state index is 12.8. The van der Waals surface area contributed by atoms with Gasteiger partial charge in [0.2, 0.25) is 0 Å². The Hall–Kier alpha value is -2.57. The molecule has 216 valence electrons. The van der Waals surface area contributed by atoms with Gasteiger partial charge < -0.3 is 14.2 Å². The summed E-state index contributed by atoms with van der Waals surface area (Å²) in [5, 5.41) is 0.579. The van der Waals surface area contributed by atoms with Gasteiger partial charge in [0.15, 0.2) is 0 Å². The van der Waals surface area contributed by atoms with Crippen molar-refractivity contribution >= 4 is 40.7 Å². The summed E-state index contributed by atoms with van der Waals surface area (Å²) in [5.74, 6) is -1.17. The number of halogens is 2. The van der Waals surface area contributed by atoms with Crippen LogP contribution in [0.15, 0.2) is 36.4 Å². The zero-order chi connectivity index (χ0) is 28.7. The summed E-state index contributed by atoms with van der Waals surface area (Å²) in [6.45, 7) is 1.44. The fourth-order valence-electron chi connectivity index (χ4n) is 5.71. The van der Waals surface area contributed by atoms with Crippen molar-refractivity contribution in [2.24, 2.45) is 11.8 Å². The minimum absolute atomic E-state index is 0.191. The van der Waals surface area contributed by atoms with Gasteiger partial charge in [-0.15, -0.1) is 0 Å². The Bertz CT molecular complexity index is 1130. The summed E-state index contributed by atoms with van der Waals surface area (Å²) in [5.41, 5.74) is 1.82. The molecule has 2 aromatic carbocycles. The van der Waals surface area contributed by atoms with Gasteiger partial charge >= 0.3 is 11.8 Å². The third-order valence-corrected chi connectivity index (χ3v) is 8.69. The molecular formula is C32H38Cl2O6. The smallest absolute Gasteiger partial charge is 0.392 e. The van der Waals surface area contributed by atoms with Crippen molar-refractivity contribution in [3.63, 3.8) is 0 Å². The summed E-state index contributed by atoms with van der Waals surface area (Å²) in [7, 11) is 1.24. The van der Waals surface area contributed by atoms with E-state index in [1.807, 2.05) is 12.1 Å². The van der Waals surface area contributed by atoms with Crippen molar-refractivity contribution in [1.82, 2.24) is 0 Å². The van der Waals surface area contributed by atoms with E-state index in [1.54, 1.807) is 24.3 Å². The second-order valence-corrected chi connectivity index (χ2v) is 11.9. The molecule has 2 fully saturated rings. The Balaban J connectivity index is 1.40. The number of hydrogen-bond donors (Lipinski definition) is 0. The number of hydrogen-bond acceptors (Lipinski definition) is 6. The molecule has 0 aromatic heterocycles. The molecule has 0 spiro atoms. The molecular weight excluding hydrogens is 551 g/mol. The maximum absolute atomic E-state index is 12.8. The lowest BCUT2D eigenvalue weighted by atomic mass is 9.97. The highest BCUT2D eigenvalue weighted by Crippen LogP contribution is 2.35. The lowest BCUT2D eigenvalue weighted by molar-refractivity contribution is -0.184. The Morgan fingerprint density at radius 1 is 0.750 bits per heavy atom. The van der Waals surface area contributed by atoms with E-state index < -0.39 is 11.8 Å². The second-order valence-electron chi connectivity index (χ2n) is 11.1. The molecule has 2 saturated carbocycles. The van der Waals surface area contributed by atoms with Crippen LogP contribution in [0.25, 0.3) is 0 Å². The minimum Gasteiger partial charge on any atom is -0.463 e. The maximum Gasteiger partial charge on any atom is 0.392 e. The molecule has 0 radical (unpaired) electrons. The molecule has 2 aliphatic carbocycles. The van der Waals surface area contributed by atoms with Gasteiger partial charge in [-0.2, -0.15) is 0 Å². The first-order chi connectivity index (χ1) is 19.2. The van der Waals surface area contributed by atoms with Gasteiger partial charge in [-0.3, -0.25) is 9.59 Å². The van der Waals surface area contributed by atoms with E-state index in [1.165, 1.54) is 14.0 Å². The first-order valence-corrected chi connectivity index (χ1v) is 15.0. The van der Waals surface area contributed by atoms with Crippen LogP contribution in [-0.4, -0.2) is 30.4 Å². The number of methoxy groups -OCH3 is 1. The number of benzene rings is 2. The summed E-state index contributed by atoms with van der Waals surface area (Å²) in [4.78, 5) is 37.7. The number of aryl methyl sites for hydroxylation is 2. The molecule has 0 atom stereocenters. The molecule has 0 saturated heterocycles. The summed E-state index contributed by atoms with van der Waals surface area (Å²) in [6.07, 6.45) is 10.6. The van der Waals surface area contributed by atoms with Gasteiger partial charge in [-0.1, -0.05) is 61.0 Å². The van der Waals surface area contributed by atoms with Crippen LogP contribution in [0.4, 0.5) is 0 Å². The van der Waals surface area contributed by atoms with E-state index in [0.29, 0.717) is 37.2 Å². The SMILES string of the molecule is COC(=O)C(C)(Oc1ccc(CCC(=O)C2CCCC2)cc1Cl)Oc1ccc(CCC(=O)C2CCCC2)cc1Cl. The fourth-order valence-corrected chi connectivity index (χ4v) is 6.20. The van der Waals surface area contributed by atoms with E-state index in [2.05, 4.69) is 0 Å². The van der Waals surface area contributed by atoms with Crippen LogP contribution < -0.4 is 9.47 Å². The summed E-state index contributed by atoms with van der Waals surface area (Å²) < 4.78 is 16.9. The molecule has 0 amide bonds. The van der Waals surface area contributed by atoms with Crippen LogP contribution in [0.3, 0.4) is 0 Å². The zero-order valence-electron chi connectivity index (χ0n) is 23.3. The van der Waals surface area contributed by atoms with E-state index in [4.69, 9.17) is 37.4 Å². The number of ether oxygens (including phenoxy) is 3. The van der Waals surface area contributed by atoms with Crippen molar-refractivity contribution in [3.8, 4) is 11.5 Å². The van der Waals surface area contributed by atoms with Gasteiger partial charge in [-0.05, 0) is 73.9 Å². The lowest BCUT2D eigenvalue weighted by Crippen LogP contribution is -2.48. The van der Waals surface area contributed by atoms with Crippen molar-refractivity contribution in [2.75, 3.05) is 7.11 Å². The molecule has 0 unspecified atom stereocenters. The Kier molecular flexibility index (Phi) is 10.5. The summed E-state index contributed by atoms with van der Waals surface area (Å²) in [6, 6.07) is 10.5. The Morgan fingerprint density at radius 2 is 1.15 bits per heavy atom. The van der Waals surface area contributed by atoms with Crippen LogP contribution in [0.1, 0.15) is 82.3 Å². The Labute approximate surface area is 246 Å².